The molecule has 2 aliphatic heterocycles. The van der Waals surface area contributed by atoms with Crippen LogP contribution >= 0.6 is 0 Å². The number of carbonyl (C=O) groups excluding carboxylic acids is 2. The first-order chi connectivity index (χ1) is 17.1. The molecule has 2 aliphatic rings. The van der Waals surface area contributed by atoms with E-state index < -0.39 is 0 Å². The fraction of sp³-hybridized carbons (Fsp3) is 0.429. The number of hydrogen-bond donors (Lipinski definition) is 1. The number of nitrogens with zero attached hydrogens (tertiary/aromatic N) is 2. The van der Waals surface area contributed by atoms with E-state index in [1.807, 2.05) is 53.4 Å². The molecule has 2 saturated heterocycles. The number of nitrogens with one attached hydrogen (secondary N) is 1. The molecule has 4 rings (SSSR count). The van der Waals surface area contributed by atoms with Crippen molar-refractivity contribution >= 4 is 17.9 Å². The van der Waals surface area contributed by atoms with E-state index in [4.69, 9.17) is 9.47 Å². The fourth-order valence-electron chi connectivity index (χ4n) is 4.71. The minimum absolute atomic E-state index is 0.000372. The second-order valence-corrected chi connectivity index (χ2v) is 9.03. The molecule has 2 aromatic rings. The summed E-state index contributed by atoms with van der Waals surface area (Å²) in [5.74, 6) is 0.820. The summed E-state index contributed by atoms with van der Waals surface area (Å²) in [7, 11) is 1.66. The van der Waals surface area contributed by atoms with Crippen molar-refractivity contribution in [1.29, 1.82) is 0 Å². The topological polar surface area (TPSA) is 71.1 Å². The molecule has 1 atom stereocenters. The number of methoxy groups -OCH3 is 1. The molecule has 7 heteroatoms. The average molecular weight is 478 g/mol. The SMILES string of the molecule is COc1ccc(C(CNC(=O)C2CCN(C(=O)C=Cc3ccccc3)CC2)N2CCOCC2)cc1. The van der Waals surface area contributed by atoms with Crippen molar-refractivity contribution in [2.45, 2.75) is 18.9 Å². The Morgan fingerprint density at radius 1 is 1.03 bits per heavy atom. The quantitative estimate of drug-likeness (QED) is 0.592. The maximum absolute atomic E-state index is 13.0. The highest BCUT2D eigenvalue weighted by Crippen LogP contribution is 2.24. The van der Waals surface area contributed by atoms with E-state index in [0.29, 0.717) is 45.7 Å². The Labute approximate surface area is 207 Å². The van der Waals surface area contributed by atoms with E-state index in [1.54, 1.807) is 13.2 Å². The van der Waals surface area contributed by atoms with Gasteiger partial charge in [-0.25, -0.2) is 0 Å². The first kappa shape index (κ1) is 24.9. The molecule has 186 valence electrons. The molecule has 0 radical (unpaired) electrons. The van der Waals surface area contributed by atoms with Gasteiger partial charge in [-0.15, -0.1) is 0 Å². The highest BCUT2D eigenvalue weighted by Gasteiger charge is 2.28. The molecular weight excluding hydrogens is 442 g/mol. The minimum Gasteiger partial charge on any atom is -0.497 e. The van der Waals surface area contributed by atoms with Crippen LogP contribution in [0.1, 0.15) is 30.0 Å². The largest absolute Gasteiger partial charge is 0.497 e. The standard InChI is InChI=1S/C28H35N3O4/c1-34-25-10-8-23(9-11-25)26(30-17-19-35-20-18-30)21-29-28(33)24-13-15-31(16-14-24)27(32)12-7-22-5-3-2-4-6-22/h2-12,24,26H,13-21H2,1H3,(H,29,33). The highest BCUT2D eigenvalue weighted by atomic mass is 16.5. The zero-order valence-electron chi connectivity index (χ0n) is 20.4. The zero-order chi connectivity index (χ0) is 24.5. The lowest BCUT2D eigenvalue weighted by Gasteiger charge is -2.36. The molecule has 7 nitrogen and oxygen atoms in total. The summed E-state index contributed by atoms with van der Waals surface area (Å²) in [6.07, 6.45) is 4.83. The summed E-state index contributed by atoms with van der Waals surface area (Å²) >= 11 is 0. The number of carbonyl (C=O) groups is 2. The van der Waals surface area contributed by atoms with Gasteiger partial charge in [0.25, 0.3) is 0 Å². The average Bonchev–Trinajstić information content (AvgIpc) is 2.93. The molecule has 0 spiro atoms. The number of piperidine rings is 1. The Hall–Kier alpha value is -3.16. The monoisotopic (exact) mass is 477 g/mol. The van der Waals surface area contributed by atoms with Gasteiger partial charge in [0.15, 0.2) is 0 Å². The summed E-state index contributed by atoms with van der Waals surface area (Å²) in [6, 6.07) is 17.9. The van der Waals surface area contributed by atoms with Gasteiger partial charge in [-0.3, -0.25) is 14.5 Å². The Balaban J connectivity index is 1.29. The second-order valence-electron chi connectivity index (χ2n) is 9.03. The number of likely N-dealkylation sites (tertiary alicyclic amines) is 1. The van der Waals surface area contributed by atoms with Crippen LogP contribution in [0.25, 0.3) is 6.08 Å². The Morgan fingerprint density at radius 2 is 1.71 bits per heavy atom. The summed E-state index contributed by atoms with van der Waals surface area (Å²) in [5, 5.41) is 3.20. The van der Waals surface area contributed by atoms with Gasteiger partial charge in [-0.2, -0.15) is 0 Å². The molecule has 2 aromatic carbocycles. The lowest BCUT2D eigenvalue weighted by atomic mass is 9.95. The fourth-order valence-corrected chi connectivity index (χ4v) is 4.71. The van der Waals surface area contributed by atoms with E-state index in [2.05, 4.69) is 22.3 Å². The summed E-state index contributed by atoms with van der Waals surface area (Å²) < 4.78 is 10.8. The van der Waals surface area contributed by atoms with E-state index in [1.165, 1.54) is 0 Å². The second kappa shape index (κ2) is 12.5. The van der Waals surface area contributed by atoms with Gasteiger partial charge in [-0.05, 0) is 42.2 Å². The Morgan fingerprint density at radius 3 is 2.37 bits per heavy atom. The van der Waals surface area contributed by atoms with Crippen molar-refractivity contribution in [2.24, 2.45) is 5.92 Å². The van der Waals surface area contributed by atoms with Crippen molar-refractivity contribution in [3.05, 3.63) is 71.8 Å². The van der Waals surface area contributed by atoms with Crippen LogP contribution in [0.3, 0.4) is 0 Å². The van der Waals surface area contributed by atoms with Crippen LogP contribution in [0.5, 0.6) is 5.75 Å². The molecule has 0 aromatic heterocycles. The summed E-state index contributed by atoms with van der Waals surface area (Å²) in [4.78, 5) is 29.8. The van der Waals surface area contributed by atoms with Gasteiger partial charge in [-0.1, -0.05) is 42.5 Å². The number of morpholine rings is 1. The van der Waals surface area contributed by atoms with Gasteiger partial charge in [0.2, 0.25) is 11.8 Å². The smallest absolute Gasteiger partial charge is 0.246 e. The molecule has 2 heterocycles. The van der Waals surface area contributed by atoms with E-state index in [9.17, 15) is 9.59 Å². The van der Waals surface area contributed by atoms with Crippen LogP contribution < -0.4 is 10.1 Å². The number of ether oxygens (including phenoxy) is 2. The van der Waals surface area contributed by atoms with E-state index in [-0.39, 0.29) is 23.8 Å². The molecular formula is C28H35N3O4. The third kappa shape index (κ3) is 6.93. The van der Waals surface area contributed by atoms with E-state index in [0.717, 1.165) is 30.0 Å². The van der Waals surface area contributed by atoms with Crippen LogP contribution in [0.15, 0.2) is 60.7 Å². The Kier molecular flexibility index (Phi) is 8.92. The number of hydrogen-bond acceptors (Lipinski definition) is 5. The van der Waals surface area contributed by atoms with Crippen LogP contribution in [-0.2, 0) is 14.3 Å². The molecule has 2 amide bonds. The van der Waals surface area contributed by atoms with Crippen LogP contribution in [0.2, 0.25) is 0 Å². The van der Waals surface area contributed by atoms with E-state index >= 15 is 0 Å². The normalized spacial score (nSPS) is 18.4. The third-order valence-electron chi connectivity index (χ3n) is 6.85. The molecule has 1 unspecified atom stereocenters. The number of amides is 2. The first-order valence-electron chi connectivity index (χ1n) is 12.4. The number of rotatable bonds is 8. The molecule has 0 saturated carbocycles. The zero-order valence-corrected chi connectivity index (χ0v) is 20.4. The van der Waals surface area contributed by atoms with Crippen LogP contribution in [-0.4, -0.2) is 74.7 Å². The Bertz CT molecular complexity index is 979. The van der Waals surface area contributed by atoms with Gasteiger partial charge >= 0.3 is 0 Å². The molecule has 1 N–H and O–H groups in total. The minimum atomic E-state index is -0.0710. The highest BCUT2D eigenvalue weighted by molar-refractivity contribution is 5.92. The van der Waals surface area contributed by atoms with Crippen LogP contribution in [0.4, 0.5) is 0 Å². The maximum Gasteiger partial charge on any atom is 0.246 e. The van der Waals surface area contributed by atoms with Crippen molar-refractivity contribution in [3.8, 4) is 5.75 Å². The van der Waals surface area contributed by atoms with Crippen molar-refractivity contribution in [1.82, 2.24) is 15.1 Å². The lowest BCUT2D eigenvalue weighted by molar-refractivity contribution is -0.132. The first-order valence-corrected chi connectivity index (χ1v) is 12.4. The van der Waals surface area contributed by atoms with Crippen LogP contribution in [0, 0.1) is 5.92 Å². The predicted octanol–water partition coefficient (Wildman–Crippen LogP) is 3.14. The van der Waals surface area contributed by atoms with Gasteiger partial charge in [0.1, 0.15) is 5.75 Å². The van der Waals surface area contributed by atoms with Gasteiger partial charge in [0, 0.05) is 44.7 Å². The van der Waals surface area contributed by atoms with Crippen molar-refractivity contribution in [3.63, 3.8) is 0 Å². The summed E-state index contributed by atoms with van der Waals surface area (Å²) in [6.45, 7) is 4.82. The molecule has 35 heavy (non-hydrogen) atoms. The third-order valence-corrected chi connectivity index (χ3v) is 6.85. The van der Waals surface area contributed by atoms with Gasteiger partial charge in [0.05, 0.1) is 26.4 Å². The van der Waals surface area contributed by atoms with Crippen molar-refractivity contribution in [2.75, 3.05) is 53.0 Å². The lowest BCUT2D eigenvalue weighted by Crippen LogP contribution is -2.46. The van der Waals surface area contributed by atoms with Crippen molar-refractivity contribution < 1.29 is 19.1 Å². The predicted molar refractivity (Wildman–Crippen MR) is 136 cm³/mol. The maximum atomic E-state index is 13.0. The van der Waals surface area contributed by atoms with Gasteiger partial charge < -0.3 is 19.7 Å². The summed E-state index contributed by atoms with van der Waals surface area (Å²) in [5.41, 5.74) is 2.15. The molecule has 0 aliphatic carbocycles. The number of benzene rings is 2. The molecule has 0 bridgehead atoms. The molecule has 2 fully saturated rings.